The maximum absolute atomic E-state index is 14.2. The summed E-state index contributed by atoms with van der Waals surface area (Å²) in [4.78, 5) is 37.3. The molecule has 0 unspecified atom stereocenters. The minimum atomic E-state index is -0.139. The van der Waals surface area contributed by atoms with Gasteiger partial charge in [0.15, 0.2) is 0 Å². The molecule has 0 amide bonds. The van der Waals surface area contributed by atoms with Gasteiger partial charge in [0.1, 0.15) is 17.2 Å². The highest BCUT2D eigenvalue weighted by molar-refractivity contribution is 5.81. The molecule has 0 atom stereocenters. The molecule has 0 bridgehead atoms. The van der Waals surface area contributed by atoms with E-state index in [9.17, 15) is 4.79 Å². The van der Waals surface area contributed by atoms with Crippen molar-refractivity contribution in [2.24, 2.45) is 14.1 Å². The molecule has 0 aliphatic carbocycles. The van der Waals surface area contributed by atoms with E-state index in [1.165, 1.54) is 11.1 Å². The minimum absolute atomic E-state index is 0.139. The van der Waals surface area contributed by atoms with Gasteiger partial charge >= 0.3 is 0 Å². The van der Waals surface area contributed by atoms with Crippen LogP contribution < -0.4 is 10.9 Å². The molecule has 0 saturated carbocycles. The Morgan fingerprint density at radius 3 is 2.50 bits per heavy atom. The van der Waals surface area contributed by atoms with Gasteiger partial charge in [-0.3, -0.25) is 14.3 Å². The number of pyridine rings is 1. The van der Waals surface area contributed by atoms with E-state index < -0.39 is 0 Å². The summed E-state index contributed by atoms with van der Waals surface area (Å²) >= 11 is 0. The number of aromatic nitrogens is 7. The summed E-state index contributed by atoms with van der Waals surface area (Å²) in [6.45, 7) is 5.31. The fraction of sp³-hybridized carbons (Fsp3) is 0.344. The lowest BCUT2D eigenvalue weighted by molar-refractivity contribution is 0.0364. The molecule has 44 heavy (non-hydrogen) atoms. The standard InChI is InChI=1S/C32H36N10O2/c1-38-9-8-23(19-38)22-4-6-25(7-5-22)35-32-34-17-24-16-26(30-36-27(20-39(30)2)28-18-33-21-40(28)3)31(43)42(29(24)37-32)11-10-41-12-14-44-15-13-41/h4-7,16-21H,8-15H2,1-3H3,(H,34,35,37). The third-order valence-electron chi connectivity index (χ3n) is 8.39. The van der Waals surface area contributed by atoms with Crippen LogP contribution in [-0.2, 0) is 25.4 Å². The molecule has 0 spiro atoms. The number of ether oxygens (including phenoxy) is 1. The van der Waals surface area contributed by atoms with E-state index in [4.69, 9.17) is 14.7 Å². The van der Waals surface area contributed by atoms with Crippen molar-refractivity contribution < 1.29 is 4.74 Å². The fourth-order valence-electron chi connectivity index (χ4n) is 5.90. The van der Waals surface area contributed by atoms with Gasteiger partial charge in [-0.15, -0.1) is 0 Å². The lowest BCUT2D eigenvalue weighted by Crippen LogP contribution is -2.39. The Kier molecular flexibility index (Phi) is 7.44. The molecule has 2 aliphatic rings. The summed E-state index contributed by atoms with van der Waals surface area (Å²) in [6.07, 6.45) is 10.4. The lowest BCUT2D eigenvalue weighted by atomic mass is 10.1. The number of aryl methyl sites for hydroxylation is 2. The monoisotopic (exact) mass is 592 g/mol. The molecule has 2 aliphatic heterocycles. The van der Waals surface area contributed by atoms with E-state index in [0.29, 0.717) is 49.3 Å². The van der Waals surface area contributed by atoms with Crippen LogP contribution in [0.4, 0.5) is 11.6 Å². The van der Waals surface area contributed by atoms with E-state index in [2.05, 4.69) is 50.5 Å². The Morgan fingerprint density at radius 2 is 1.77 bits per heavy atom. The average molecular weight is 593 g/mol. The maximum atomic E-state index is 14.2. The summed E-state index contributed by atoms with van der Waals surface area (Å²) in [5.41, 5.74) is 6.00. The van der Waals surface area contributed by atoms with Crippen molar-refractivity contribution in [2.45, 2.75) is 13.0 Å². The van der Waals surface area contributed by atoms with Crippen LogP contribution in [0.1, 0.15) is 12.0 Å². The van der Waals surface area contributed by atoms with Crippen molar-refractivity contribution in [3.05, 3.63) is 77.4 Å². The van der Waals surface area contributed by atoms with Crippen molar-refractivity contribution in [3.63, 3.8) is 0 Å². The molecule has 4 aromatic heterocycles. The highest BCUT2D eigenvalue weighted by Gasteiger charge is 2.20. The number of anilines is 2. The largest absolute Gasteiger partial charge is 0.380 e. The van der Waals surface area contributed by atoms with Gasteiger partial charge in [-0.1, -0.05) is 12.1 Å². The summed E-state index contributed by atoms with van der Waals surface area (Å²) in [7, 11) is 5.92. The molecular weight excluding hydrogens is 556 g/mol. The van der Waals surface area contributed by atoms with E-state index >= 15 is 0 Å². The van der Waals surface area contributed by atoms with E-state index in [1.807, 2.05) is 47.6 Å². The number of hydrogen-bond donors (Lipinski definition) is 1. The lowest BCUT2D eigenvalue weighted by Gasteiger charge is -2.27. The summed E-state index contributed by atoms with van der Waals surface area (Å²) in [6, 6.07) is 10.2. The number of nitrogens with one attached hydrogen (secondary N) is 1. The molecule has 7 rings (SSSR count). The molecule has 12 nitrogen and oxygen atoms in total. The zero-order valence-corrected chi connectivity index (χ0v) is 25.3. The van der Waals surface area contributed by atoms with Crippen molar-refractivity contribution in [1.82, 2.24) is 43.4 Å². The zero-order valence-electron chi connectivity index (χ0n) is 25.3. The van der Waals surface area contributed by atoms with Crippen LogP contribution in [0.5, 0.6) is 0 Å². The Bertz CT molecular complexity index is 1900. The number of hydrogen-bond acceptors (Lipinski definition) is 9. The fourth-order valence-corrected chi connectivity index (χ4v) is 5.90. The topological polar surface area (TPSA) is 111 Å². The number of imidazole rings is 2. The SMILES string of the molecule is CN1C=C(c2ccc(Nc3ncc4cc(-c5nc(-c6cncn6C)cn5C)c(=O)n(CCN5CCOCC5)c4n3)cc2)CC1. The first-order chi connectivity index (χ1) is 21.4. The molecule has 0 radical (unpaired) electrons. The minimum Gasteiger partial charge on any atom is -0.380 e. The highest BCUT2D eigenvalue weighted by Crippen LogP contribution is 2.27. The second-order valence-corrected chi connectivity index (χ2v) is 11.5. The van der Waals surface area contributed by atoms with Crippen LogP contribution in [0, 0.1) is 0 Å². The second-order valence-electron chi connectivity index (χ2n) is 11.5. The number of rotatable bonds is 8. The van der Waals surface area contributed by atoms with Gasteiger partial charge in [0, 0.05) is 83.5 Å². The van der Waals surface area contributed by atoms with Gasteiger partial charge in [0.05, 0.1) is 37.0 Å². The van der Waals surface area contributed by atoms with E-state index in [0.717, 1.165) is 48.5 Å². The molecule has 5 aromatic rings. The van der Waals surface area contributed by atoms with Crippen molar-refractivity contribution in [2.75, 3.05) is 51.8 Å². The molecule has 12 heteroatoms. The van der Waals surface area contributed by atoms with Gasteiger partial charge in [-0.2, -0.15) is 4.98 Å². The first kappa shape index (κ1) is 28.0. The third-order valence-corrected chi connectivity index (χ3v) is 8.39. The van der Waals surface area contributed by atoms with Gasteiger partial charge < -0.3 is 24.1 Å². The number of nitrogens with zero attached hydrogens (tertiary/aromatic N) is 9. The van der Waals surface area contributed by atoms with E-state index in [-0.39, 0.29) is 5.56 Å². The van der Waals surface area contributed by atoms with Crippen LogP contribution >= 0.6 is 0 Å². The van der Waals surface area contributed by atoms with Crippen LogP contribution in [0.25, 0.3) is 39.4 Å². The molecule has 1 aromatic carbocycles. The van der Waals surface area contributed by atoms with E-state index in [1.54, 1.807) is 23.3 Å². The van der Waals surface area contributed by atoms with Gasteiger partial charge in [-0.25, -0.2) is 15.0 Å². The molecular formula is C32H36N10O2. The van der Waals surface area contributed by atoms with Crippen LogP contribution in [0.15, 0.2) is 66.2 Å². The van der Waals surface area contributed by atoms with Crippen LogP contribution in [0.2, 0.25) is 0 Å². The van der Waals surface area contributed by atoms with Crippen LogP contribution in [-0.4, -0.2) is 89.9 Å². The summed E-state index contributed by atoms with van der Waals surface area (Å²) in [5, 5.41) is 4.10. The Balaban J connectivity index is 1.24. The Morgan fingerprint density at radius 1 is 0.955 bits per heavy atom. The zero-order chi connectivity index (χ0) is 30.2. The van der Waals surface area contributed by atoms with Crippen molar-refractivity contribution in [1.29, 1.82) is 0 Å². The smallest absolute Gasteiger partial charge is 0.263 e. The predicted octanol–water partition coefficient (Wildman–Crippen LogP) is 3.34. The summed E-state index contributed by atoms with van der Waals surface area (Å²) < 4.78 is 11.1. The van der Waals surface area contributed by atoms with Crippen LogP contribution in [0.3, 0.4) is 0 Å². The third kappa shape index (κ3) is 5.49. The van der Waals surface area contributed by atoms with Gasteiger partial charge in [0.25, 0.3) is 5.56 Å². The number of fused-ring (bicyclic) bond motifs is 1. The number of morpholine rings is 1. The van der Waals surface area contributed by atoms with Crippen molar-refractivity contribution in [3.8, 4) is 22.8 Å². The van der Waals surface area contributed by atoms with Gasteiger partial charge in [0.2, 0.25) is 5.95 Å². The Hall–Kier alpha value is -4.81. The summed E-state index contributed by atoms with van der Waals surface area (Å²) in [5.74, 6) is 1.02. The maximum Gasteiger partial charge on any atom is 0.263 e. The predicted molar refractivity (Wildman–Crippen MR) is 170 cm³/mol. The quantitative estimate of drug-likeness (QED) is 0.290. The Labute approximate surface area is 255 Å². The molecule has 1 saturated heterocycles. The molecule has 1 N–H and O–H groups in total. The molecule has 6 heterocycles. The average Bonchev–Trinajstić information content (AvgIpc) is 3.77. The molecule has 1 fully saturated rings. The van der Waals surface area contributed by atoms with Crippen molar-refractivity contribution >= 4 is 28.2 Å². The van der Waals surface area contributed by atoms with Gasteiger partial charge in [-0.05, 0) is 35.8 Å². The highest BCUT2D eigenvalue weighted by atomic mass is 16.5. The normalized spacial score (nSPS) is 15.7. The first-order valence-corrected chi connectivity index (χ1v) is 14.9. The number of benzene rings is 1. The molecule has 226 valence electrons. The first-order valence-electron chi connectivity index (χ1n) is 14.9. The second kappa shape index (κ2) is 11.7.